The maximum Gasteiger partial charge on any atom is 0.362 e. The second kappa shape index (κ2) is 10.4. The van der Waals surface area contributed by atoms with E-state index < -0.39 is 29.9 Å². The third kappa shape index (κ3) is 5.73. The molecule has 0 aliphatic carbocycles. The van der Waals surface area contributed by atoms with Crippen molar-refractivity contribution >= 4 is 17.6 Å². The number of esters is 1. The lowest BCUT2D eigenvalue weighted by molar-refractivity contribution is -0.118. The Morgan fingerprint density at radius 1 is 1.09 bits per heavy atom. The molecule has 10 heteroatoms. The predicted octanol–water partition coefficient (Wildman–Crippen LogP) is 2.88. The second-order valence-corrected chi connectivity index (χ2v) is 6.84. The first-order chi connectivity index (χ1) is 15.8. The summed E-state index contributed by atoms with van der Waals surface area (Å²) in [7, 11) is 1.48. The normalized spacial score (nSPS) is 10.4. The molecule has 3 rings (SSSR count). The molecule has 0 radical (unpaired) electrons. The van der Waals surface area contributed by atoms with Crippen LogP contribution in [0.4, 0.5) is 10.1 Å². The maximum atomic E-state index is 13.2. The number of aromatic nitrogens is 2. The van der Waals surface area contributed by atoms with Gasteiger partial charge in [0.25, 0.3) is 11.5 Å². The molecule has 33 heavy (non-hydrogen) atoms. The predicted molar refractivity (Wildman–Crippen MR) is 118 cm³/mol. The average Bonchev–Trinajstić information content (AvgIpc) is 2.79. The molecule has 0 aliphatic heterocycles. The highest BCUT2D eigenvalue weighted by Crippen LogP contribution is 2.25. The monoisotopic (exact) mass is 455 g/mol. The summed E-state index contributed by atoms with van der Waals surface area (Å²) in [5.74, 6) is -1.64. The third-order valence-corrected chi connectivity index (χ3v) is 4.42. The molecule has 9 nitrogen and oxygen atoms in total. The highest BCUT2D eigenvalue weighted by molar-refractivity contribution is 5.94. The number of ether oxygens (including phenoxy) is 3. The number of halogens is 1. The number of hydrogen-bond donors (Lipinski definition) is 1. The van der Waals surface area contributed by atoms with E-state index in [1.165, 1.54) is 19.2 Å². The van der Waals surface area contributed by atoms with Crippen LogP contribution in [0.15, 0.2) is 53.3 Å². The van der Waals surface area contributed by atoms with E-state index in [1.807, 2.05) is 13.0 Å². The zero-order chi connectivity index (χ0) is 24.0. The lowest BCUT2D eigenvalue weighted by atomic mass is 10.2. The summed E-state index contributed by atoms with van der Waals surface area (Å²) in [6.45, 7) is 3.02. The molecular formula is C23H22FN3O6. The second-order valence-electron chi connectivity index (χ2n) is 6.84. The largest absolute Gasteiger partial charge is 0.495 e. The van der Waals surface area contributed by atoms with Gasteiger partial charge >= 0.3 is 5.97 Å². The fraction of sp³-hybridized carbons (Fsp3) is 0.217. The first-order valence-electron chi connectivity index (χ1n) is 9.97. The Hall–Kier alpha value is -4.21. The van der Waals surface area contributed by atoms with Crippen LogP contribution in [0.5, 0.6) is 11.5 Å². The van der Waals surface area contributed by atoms with Gasteiger partial charge < -0.3 is 19.5 Å². The molecule has 1 N–H and O–H groups in total. The Morgan fingerprint density at radius 3 is 2.48 bits per heavy atom. The van der Waals surface area contributed by atoms with E-state index in [0.29, 0.717) is 11.4 Å². The Kier molecular flexibility index (Phi) is 7.39. The van der Waals surface area contributed by atoms with Gasteiger partial charge in [-0.3, -0.25) is 9.59 Å². The Labute approximate surface area is 188 Å². The van der Waals surface area contributed by atoms with Gasteiger partial charge in [-0.05, 0) is 55.8 Å². The minimum absolute atomic E-state index is 0.0588. The van der Waals surface area contributed by atoms with E-state index in [2.05, 4.69) is 10.4 Å². The van der Waals surface area contributed by atoms with Crippen LogP contribution in [0.1, 0.15) is 23.0 Å². The molecule has 1 heterocycles. The Morgan fingerprint density at radius 2 is 1.82 bits per heavy atom. The number of anilines is 1. The van der Waals surface area contributed by atoms with Gasteiger partial charge in [0.1, 0.15) is 11.6 Å². The van der Waals surface area contributed by atoms with Gasteiger partial charge in [0.2, 0.25) is 5.69 Å². The van der Waals surface area contributed by atoms with Gasteiger partial charge in [-0.15, -0.1) is 0 Å². The van der Waals surface area contributed by atoms with Gasteiger partial charge in [0.05, 0.1) is 31.2 Å². The van der Waals surface area contributed by atoms with Gasteiger partial charge in [0, 0.05) is 0 Å². The lowest BCUT2D eigenvalue weighted by Gasteiger charge is -2.14. The molecule has 1 aromatic heterocycles. The number of carbonyl (C=O) groups excluding carboxylic acids is 2. The van der Waals surface area contributed by atoms with Crippen molar-refractivity contribution in [2.45, 2.75) is 13.8 Å². The Bertz CT molecular complexity index is 1220. The number of rotatable bonds is 8. The van der Waals surface area contributed by atoms with Crippen LogP contribution in [0.3, 0.4) is 0 Å². The fourth-order valence-corrected chi connectivity index (χ4v) is 2.91. The number of hydrogen-bond acceptors (Lipinski definition) is 7. The van der Waals surface area contributed by atoms with E-state index in [-0.39, 0.29) is 23.7 Å². The molecule has 0 aliphatic rings. The third-order valence-electron chi connectivity index (χ3n) is 4.42. The lowest BCUT2D eigenvalue weighted by Crippen LogP contribution is -2.27. The highest BCUT2D eigenvalue weighted by atomic mass is 19.1. The summed E-state index contributed by atoms with van der Waals surface area (Å²) in [6.07, 6.45) is 0. The number of amides is 1. The molecule has 172 valence electrons. The van der Waals surface area contributed by atoms with Gasteiger partial charge in [-0.2, -0.15) is 9.78 Å². The van der Waals surface area contributed by atoms with Crippen molar-refractivity contribution in [1.82, 2.24) is 9.78 Å². The van der Waals surface area contributed by atoms with Gasteiger partial charge in [0.15, 0.2) is 12.4 Å². The van der Waals surface area contributed by atoms with Crippen LogP contribution < -0.4 is 20.3 Å². The van der Waals surface area contributed by atoms with Crippen LogP contribution in [-0.2, 0) is 9.53 Å². The van der Waals surface area contributed by atoms with Crippen molar-refractivity contribution in [1.29, 1.82) is 0 Å². The summed E-state index contributed by atoms with van der Waals surface area (Å²) in [4.78, 5) is 37.4. The quantitative estimate of drug-likeness (QED) is 0.520. The van der Waals surface area contributed by atoms with Crippen LogP contribution in [0, 0.1) is 12.7 Å². The highest BCUT2D eigenvalue weighted by Gasteiger charge is 2.21. The zero-order valence-corrected chi connectivity index (χ0v) is 18.3. The molecule has 0 saturated carbocycles. The minimum atomic E-state index is -0.843. The average molecular weight is 455 g/mol. The van der Waals surface area contributed by atoms with Crippen LogP contribution in [0.2, 0.25) is 0 Å². The molecule has 0 saturated heterocycles. The van der Waals surface area contributed by atoms with Crippen LogP contribution in [0.25, 0.3) is 5.69 Å². The molecule has 0 fully saturated rings. The van der Waals surface area contributed by atoms with Crippen molar-refractivity contribution in [3.05, 3.63) is 76.0 Å². The first-order valence-corrected chi connectivity index (χ1v) is 9.97. The molecule has 0 bridgehead atoms. The van der Waals surface area contributed by atoms with E-state index in [9.17, 15) is 18.8 Å². The maximum absolute atomic E-state index is 13.2. The molecule has 0 spiro atoms. The number of aryl methyl sites for hydroxylation is 1. The van der Waals surface area contributed by atoms with Crippen LogP contribution in [-0.4, -0.2) is 42.0 Å². The van der Waals surface area contributed by atoms with Crippen molar-refractivity contribution in [3.8, 4) is 17.2 Å². The zero-order valence-electron chi connectivity index (χ0n) is 18.3. The van der Waals surface area contributed by atoms with E-state index >= 15 is 0 Å². The van der Waals surface area contributed by atoms with Gasteiger partial charge in [-0.25, -0.2) is 9.18 Å². The molecule has 3 aromatic rings. The number of benzene rings is 2. The number of carbonyl (C=O) groups is 2. The molecular weight excluding hydrogens is 433 g/mol. The van der Waals surface area contributed by atoms with Crippen molar-refractivity contribution in [2.24, 2.45) is 0 Å². The van der Waals surface area contributed by atoms with E-state index in [1.54, 1.807) is 19.1 Å². The minimum Gasteiger partial charge on any atom is -0.495 e. The number of nitrogens with one attached hydrogen (secondary N) is 1. The molecule has 0 unspecified atom stereocenters. The summed E-state index contributed by atoms with van der Waals surface area (Å²) in [5.41, 5.74) is 0.640. The number of nitrogens with zero attached hydrogens (tertiary/aromatic N) is 2. The summed E-state index contributed by atoms with van der Waals surface area (Å²) >= 11 is 0. The molecule has 1 amide bonds. The van der Waals surface area contributed by atoms with Crippen molar-refractivity contribution in [3.63, 3.8) is 0 Å². The topological polar surface area (TPSA) is 109 Å². The summed E-state index contributed by atoms with van der Waals surface area (Å²) in [5, 5.41) is 6.68. The van der Waals surface area contributed by atoms with E-state index in [4.69, 9.17) is 14.2 Å². The first kappa shape index (κ1) is 23.5. The molecule has 2 aromatic carbocycles. The smallest absolute Gasteiger partial charge is 0.362 e. The summed E-state index contributed by atoms with van der Waals surface area (Å²) < 4.78 is 29.8. The van der Waals surface area contributed by atoms with Gasteiger partial charge in [-0.1, -0.05) is 6.07 Å². The van der Waals surface area contributed by atoms with Crippen LogP contribution >= 0.6 is 0 Å². The fourth-order valence-electron chi connectivity index (χ4n) is 2.91. The molecule has 0 atom stereocenters. The van der Waals surface area contributed by atoms with Crippen molar-refractivity contribution < 1.29 is 28.2 Å². The number of methoxy groups -OCH3 is 1. The van der Waals surface area contributed by atoms with E-state index in [0.717, 1.165) is 28.4 Å². The standard InChI is InChI=1S/C23H22FN3O6/c1-4-32-23(30)22-19(12-21(29)27(26-22)16-8-6-15(24)7-9-16)33-13-20(28)25-17-11-14(2)5-10-18(17)31-3/h5-12H,4,13H2,1-3H3,(H,25,28). The summed E-state index contributed by atoms with van der Waals surface area (Å²) in [6, 6.07) is 11.3. The van der Waals surface area contributed by atoms with Crippen molar-refractivity contribution in [2.75, 3.05) is 25.6 Å². The Balaban J connectivity index is 1.86. The SMILES string of the molecule is CCOC(=O)c1nn(-c2ccc(F)cc2)c(=O)cc1OCC(=O)Nc1cc(C)ccc1OC.